The van der Waals surface area contributed by atoms with Crippen LogP contribution in [0.1, 0.15) is 32.9 Å². The molecule has 7 nitrogen and oxygen atoms in total. The highest BCUT2D eigenvalue weighted by Crippen LogP contribution is 2.29. The van der Waals surface area contributed by atoms with Crippen LogP contribution in [0.3, 0.4) is 0 Å². The van der Waals surface area contributed by atoms with Gasteiger partial charge in [0.1, 0.15) is 18.2 Å². The maximum atomic E-state index is 13.0. The molecule has 0 fully saturated rings. The van der Waals surface area contributed by atoms with E-state index in [-0.39, 0.29) is 11.7 Å². The van der Waals surface area contributed by atoms with Crippen molar-refractivity contribution in [3.05, 3.63) is 101 Å². The normalized spacial score (nSPS) is 10.7. The summed E-state index contributed by atoms with van der Waals surface area (Å²) in [7, 11) is 3.20. The van der Waals surface area contributed by atoms with Gasteiger partial charge >= 0.3 is 0 Å². The molecular formula is C28H28FN3O4. The second-order valence-electron chi connectivity index (χ2n) is 8.29. The molecule has 186 valence electrons. The maximum Gasteiger partial charge on any atom is 0.255 e. The fraction of sp³-hybridized carbons (Fsp3) is 0.214. The Hall–Kier alpha value is -4.33. The quantitative estimate of drug-likeness (QED) is 0.334. The minimum absolute atomic E-state index is 0.224. The van der Waals surface area contributed by atoms with Crippen LogP contribution in [0.25, 0.3) is 0 Å². The summed E-state index contributed by atoms with van der Waals surface area (Å²) in [4.78, 5) is 12.9. The van der Waals surface area contributed by atoms with Gasteiger partial charge in [-0.05, 0) is 73.5 Å². The van der Waals surface area contributed by atoms with E-state index in [1.165, 1.54) is 12.1 Å². The number of hydrogen-bond donors (Lipinski definition) is 1. The van der Waals surface area contributed by atoms with Crippen LogP contribution in [-0.2, 0) is 13.2 Å². The van der Waals surface area contributed by atoms with Crippen LogP contribution in [-0.4, -0.2) is 29.9 Å². The van der Waals surface area contributed by atoms with Crippen molar-refractivity contribution >= 4 is 11.6 Å². The molecule has 1 amide bonds. The number of carbonyl (C=O) groups is 1. The Bertz CT molecular complexity index is 1350. The first-order valence-electron chi connectivity index (χ1n) is 11.4. The summed E-state index contributed by atoms with van der Waals surface area (Å²) in [5.74, 6) is 1.36. The number of anilines is 1. The van der Waals surface area contributed by atoms with Crippen LogP contribution in [0.4, 0.5) is 10.1 Å². The number of methoxy groups -OCH3 is 2. The van der Waals surface area contributed by atoms with Crippen molar-refractivity contribution in [3.8, 4) is 17.2 Å². The second-order valence-corrected chi connectivity index (χ2v) is 8.29. The summed E-state index contributed by atoms with van der Waals surface area (Å²) in [5, 5.41) is 7.60. The van der Waals surface area contributed by atoms with Crippen LogP contribution in [0.5, 0.6) is 17.2 Å². The molecule has 1 aromatic heterocycles. The topological polar surface area (TPSA) is 74.6 Å². The summed E-state index contributed by atoms with van der Waals surface area (Å²) < 4.78 is 31.2. The Kier molecular flexibility index (Phi) is 7.53. The minimum Gasteiger partial charge on any atom is -0.493 e. The van der Waals surface area contributed by atoms with Gasteiger partial charge in [0.25, 0.3) is 5.91 Å². The molecule has 0 saturated heterocycles. The minimum atomic E-state index is -0.310. The lowest BCUT2D eigenvalue weighted by atomic mass is 10.1. The molecule has 0 spiro atoms. The van der Waals surface area contributed by atoms with E-state index < -0.39 is 0 Å². The summed E-state index contributed by atoms with van der Waals surface area (Å²) in [5.41, 5.74) is 4.67. The van der Waals surface area contributed by atoms with Crippen molar-refractivity contribution in [2.45, 2.75) is 27.0 Å². The Morgan fingerprint density at radius 1 is 0.917 bits per heavy atom. The van der Waals surface area contributed by atoms with E-state index in [9.17, 15) is 9.18 Å². The predicted molar refractivity (Wildman–Crippen MR) is 135 cm³/mol. The van der Waals surface area contributed by atoms with Gasteiger partial charge in [0.15, 0.2) is 11.5 Å². The van der Waals surface area contributed by atoms with Gasteiger partial charge in [-0.3, -0.25) is 9.48 Å². The average molecular weight is 490 g/mol. The monoisotopic (exact) mass is 489 g/mol. The van der Waals surface area contributed by atoms with Crippen molar-refractivity contribution in [1.82, 2.24) is 9.78 Å². The molecular weight excluding hydrogens is 461 g/mol. The Balaban J connectivity index is 1.41. The number of nitrogens with one attached hydrogen (secondary N) is 1. The van der Waals surface area contributed by atoms with E-state index in [0.29, 0.717) is 41.7 Å². The zero-order valence-electron chi connectivity index (χ0n) is 20.7. The second kappa shape index (κ2) is 10.9. The van der Waals surface area contributed by atoms with E-state index in [2.05, 4.69) is 10.4 Å². The molecule has 36 heavy (non-hydrogen) atoms. The number of aromatic nitrogens is 2. The maximum absolute atomic E-state index is 13.0. The fourth-order valence-electron chi connectivity index (χ4n) is 3.82. The molecule has 0 unspecified atom stereocenters. The van der Waals surface area contributed by atoms with Gasteiger partial charge in [0, 0.05) is 5.56 Å². The molecule has 0 aliphatic heterocycles. The van der Waals surface area contributed by atoms with Gasteiger partial charge < -0.3 is 19.5 Å². The van der Waals surface area contributed by atoms with E-state index in [0.717, 1.165) is 22.5 Å². The first kappa shape index (κ1) is 24.8. The van der Waals surface area contributed by atoms with Crippen molar-refractivity contribution in [2.75, 3.05) is 19.5 Å². The lowest BCUT2D eigenvalue weighted by Gasteiger charge is -2.11. The van der Waals surface area contributed by atoms with Crippen molar-refractivity contribution in [2.24, 2.45) is 0 Å². The summed E-state index contributed by atoms with van der Waals surface area (Å²) >= 11 is 0. The van der Waals surface area contributed by atoms with Crippen molar-refractivity contribution < 1.29 is 23.4 Å². The predicted octanol–water partition coefficient (Wildman–Crippen LogP) is 5.54. The lowest BCUT2D eigenvalue weighted by molar-refractivity contribution is 0.102. The molecule has 0 radical (unpaired) electrons. The largest absolute Gasteiger partial charge is 0.493 e. The molecule has 8 heteroatoms. The summed E-state index contributed by atoms with van der Waals surface area (Å²) in [6.45, 7) is 4.62. The molecule has 0 atom stereocenters. The van der Waals surface area contributed by atoms with Crippen LogP contribution in [0, 0.1) is 19.7 Å². The third-order valence-corrected chi connectivity index (χ3v) is 5.84. The highest BCUT2D eigenvalue weighted by atomic mass is 19.1. The van der Waals surface area contributed by atoms with Crippen LogP contribution < -0.4 is 19.5 Å². The molecule has 3 aromatic carbocycles. The molecule has 1 N–H and O–H groups in total. The first-order valence-corrected chi connectivity index (χ1v) is 11.4. The number of amides is 1. The number of halogens is 1. The third-order valence-electron chi connectivity index (χ3n) is 5.84. The number of carbonyl (C=O) groups excluding carboxylic acids is 1. The smallest absolute Gasteiger partial charge is 0.255 e. The lowest BCUT2D eigenvalue weighted by Crippen LogP contribution is -2.13. The van der Waals surface area contributed by atoms with Gasteiger partial charge in [-0.15, -0.1) is 0 Å². The van der Waals surface area contributed by atoms with E-state index in [1.807, 2.05) is 48.9 Å². The molecule has 0 aliphatic rings. The summed E-state index contributed by atoms with van der Waals surface area (Å²) in [6, 6.07) is 18.7. The van der Waals surface area contributed by atoms with Crippen LogP contribution in [0.15, 0.2) is 66.7 Å². The Morgan fingerprint density at radius 2 is 1.58 bits per heavy atom. The van der Waals surface area contributed by atoms with Gasteiger partial charge in [-0.1, -0.05) is 18.2 Å². The van der Waals surface area contributed by atoms with Crippen molar-refractivity contribution in [3.63, 3.8) is 0 Å². The zero-order valence-corrected chi connectivity index (χ0v) is 20.7. The molecule has 4 rings (SSSR count). The number of rotatable bonds is 9. The number of aryl methyl sites for hydroxylation is 1. The van der Waals surface area contributed by atoms with Gasteiger partial charge in [0.05, 0.1) is 37.8 Å². The SMILES string of the molecule is COc1ccc(Cn2nc(C)c(NC(=O)c3ccc(COc4ccc(F)cc4)cc3)c2C)cc1OC. The average Bonchev–Trinajstić information content (AvgIpc) is 3.15. The van der Waals surface area contributed by atoms with Crippen LogP contribution in [0.2, 0.25) is 0 Å². The first-order chi connectivity index (χ1) is 17.4. The zero-order chi connectivity index (χ0) is 25.7. The Labute approximate surface area is 209 Å². The van der Waals surface area contributed by atoms with E-state index in [1.54, 1.807) is 38.5 Å². The number of nitrogens with zero attached hydrogens (tertiary/aromatic N) is 2. The Morgan fingerprint density at radius 3 is 2.25 bits per heavy atom. The fourth-order valence-corrected chi connectivity index (χ4v) is 3.82. The molecule has 1 heterocycles. The summed E-state index contributed by atoms with van der Waals surface area (Å²) in [6.07, 6.45) is 0. The molecule has 0 aliphatic carbocycles. The molecule has 0 bridgehead atoms. The number of ether oxygens (including phenoxy) is 3. The standard InChI is InChI=1S/C28H28FN3O4/c1-18-27(19(2)32(31-18)16-21-7-14-25(34-3)26(15-21)35-4)30-28(33)22-8-5-20(6-9-22)17-36-24-12-10-23(29)11-13-24/h5-15H,16-17H2,1-4H3,(H,30,33). The highest BCUT2D eigenvalue weighted by Gasteiger charge is 2.16. The van der Waals surface area contributed by atoms with E-state index in [4.69, 9.17) is 14.2 Å². The van der Waals surface area contributed by atoms with Gasteiger partial charge in [0.2, 0.25) is 0 Å². The number of hydrogen-bond acceptors (Lipinski definition) is 5. The molecule has 4 aromatic rings. The van der Waals surface area contributed by atoms with Gasteiger partial charge in [-0.2, -0.15) is 5.10 Å². The highest BCUT2D eigenvalue weighted by molar-refractivity contribution is 6.04. The van der Waals surface area contributed by atoms with Crippen molar-refractivity contribution in [1.29, 1.82) is 0 Å². The third kappa shape index (κ3) is 5.66. The van der Waals surface area contributed by atoms with Crippen LogP contribution >= 0.6 is 0 Å². The molecule has 0 saturated carbocycles. The van der Waals surface area contributed by atoms with E-state index >= 15 is 0 Å². The number of benzene rings is 3. The van der Waals surface area contributed by atoms with Gasteiger partial charge in [-0.25, -0.2) is 4.39 Å².